The van der Waals surface area contributed by atoms with Crippen molar-refractivity contribution in [3.63, 3.8) is 0 Å². The van der Waals surface area contributed by atoms with Gasteiger partial charge < -0.3 is 10.2 Å². The van der Waals surface area contributed by atoms with E-state index in [1.165, 1.54) is 43.4 Å². The van der Waals surface area contributed by atoms with Gasteiger partial charge in [0, 0.05) is 6.54 Å². The third-order valence-corrected chi connectivity index (χ3v) is 3.25. The van der Waals surface area contributed by atoms with Gasteiger partial charge in [0.25, 0.3) is 0 Å². The maximum atomic E-state index is 3.19. The van der Waals surface area contributed by atoms with Crippen LogP contribution in [-0.2, 0) is 6.54 Å². The summed E-state index contributed by atoms with van der Waals surface area (Å²) in [5.74, 6) is 0. The number of hydrogen-bond acceptors (Lipinski definition) is 2. The van der Waals surface area contributed by atoms with E-state index in [9.17, 15) is 0 Å². The summed E-state index contributed by atoms with van der Waals surface area (Å²) in [6.07, 6.45) is 5.31. The van der Waals surface area contributed by atoms with E-state index in [4.69, 9.17) is 0 Å². The second-order valence-electron chi connectivity index (χ2n) is 5.24. The number of benzene rings is 1. The Morgan fingerprint density at radius 1 is 1.11 bits per heavy atom. The van der Waals surface area contributed by atoms with E-state index < -0.39 is 0 Å². The summed E-state index contributed by atoms with van der Waals surface area (Å²) in [5.41, 5.74) is 2.78. The molecule has 102 valence electrons. The maximum absolute atomic E-state index is 3.19. The highest BCUT2D eigenvalue weighted by Crippen LogP contribution is 2.08. The topological polar surface area (TPSA) is 15.3 Å². The van der Waals surface area contributed by atoms with Gasteiger partial charge in [0.15, 0.2) is 0 Å². The average Bonchev–Trinajstić information content (AvgIpc) is 2.33. The van der Waals surface area contributed by atoms with Crippen LogP contribution >= 0.6 is 0 Å². The van der Waals surface area contributed by atoms with Crippen LogP contribution in [-0.4, -0.2) is 32.1 Å². The van der Waals surface area contributed by atoms with Crippen molar-refractivity contribution >= 4 is 0 Å². The zero-order chi connectivity index (χ0) is 13.2. The van der Waals surface area contributed by atoms with Gasteiger partial charge in [0.2, 0.25) is 0 Å². The average molecular weight is 248 g/mol. The van der Waals surface area contributed by atoms with Crippen LogP contribution in [0.1, 0.15) is 36.8 Å². The molecule has 1 rings (SSSR count). The van der Waals surface area contributed by atoms with Gasteiger partial charge in [-0.05, 0) is 52.5 Å². The molecule has 0 amide bonds. The molecule has 0 heterocycles. The number of hydrogen-bond donors (Lipinski definition) is 1. The molecule has 2 nitrogen and oxygen atoms in total. The third kappa shape index (κ3) is 6.77. The van der Waals surface area contributed by atoms with Gasteiger partial charge >= 0.3 is 0 Å². The number of nitrogens with zero attached hydrogens (tertiary/aromatic N) is 1. The summed E-state index contributed by atoms with van der Waals surface area (Å²) in [4.78, 5) is 2.42. The minimum Gasteiger partial charge on any atom is -0.320 e. The quantitative estimate of drug-likeness (QED) is 0.675. The fourth-order valence-corrected chi connectivity index (χ4v) is 2.24. The van der Waals surface area contributed by atoms with Gasteiger partial charge in [-0.2, -0.15) is 0 Å². The Hall–Kier alpha value is -0.860. The van der Waals surface area contributed by atoms with Crippen molar-refractivity contribution < 1.29 is 0 Å². The van der Waals surface area contributed by atoms with Crippen LogP contribution in [0, 0.1) is 6.92 Å². The van der Waals surface area contributed by atoms with E-state index in [0.29, 0.717) is 0 Å². The minimum absolute atomic E-state index is 1.07. The van der Waals surface area contributed by atoms with Crippen molar-refractivity contribution in [1.29, 1.82) is 0 Å². The standard InChI is InChI=1S/C16H28N2/c1-15-9-8-10-16(13-15)14-18(3)12-7-5-4-6-11-17-2/h8-10,13,17H,4-7,11-12,14H2,1-3H3. The molecule has 0 aliphatic heterocycles. The molecule has 0 aliphatic rings. The van der Waals surface area contributed by atoms with Crippen molar-refractivity contribution in [2.45, 2.75) is 39.2 Å². The van der Waals surface area contributed by atoms with Crippen LogP contribution in [0.25, 0.3) is 0 Å². The molecule has 0 unspecified atom stereocenters. The summed E-state index contributed by atoms with van der Waals surface area (Å²) >= 11 is 0. The highest BCUT2D eigenvalue weighted by molar-refractivity contribution is 5.21. The van der Waals surface area contributed by atoms with Crippen LogP contribution in [0.4, 0.5) is 0 Å². The number of unbranched alkanes of at least 4 members (excludes halogenated alkanes) is 3. The first-order valence-corrected chi connectivity index (χ1v) is 7.11. The third-order valence-electron chi connectivity index (χ3n) is 3.25. The maximum Gasteiger partial charge on any atom is 0.0230 e. The Morgan fingerprint density at radius 2 is 1.89 bits per heavy atom. The Balaban J connectivity index is 2.12. The molecule has 0 spiro atoms. The van der Waals surface area contributed by atoms with Crippen molar-refractivity contribution in [3.05, 3.63) is 35.4 Å². The molecule has 0 aromatic heterocycles. The summed E-state index contributed by atoms with van der Waals surface area (Å²) < 4.78 is 0. The van der Waals surface area contributed by atoms with Gasteiger partial charge in [0.1, 0.15) is 0 Å². The molecule has 1 aromatic rings. The Labute approximate surface area is 112 Å². The van der Waals surface area contributed by atoms with Crippen molar-refractivity contribution in [1.82, 2.24) is 10.2 Å². The molecule has 2 heteroatoms. The fourth-order valence-electron chi connectivity index (χ4n) is 2.24. The molecule has 0 aliphatic carbocycles. The Bertz CT molecular complexity index is 323. The van der Waals surface area contributed by atoms with Gasteiger partial charge in [-0.1, -0.05) is 42.7 Å². The van der Waals surface area contributed by atoms with Crippen LogP contribution in [0.2, 0.25) is 0 Å². The van der Waals surface area contributed by atoms with E-state index in [1.807, 2.05) is 7.05 Å². The van der Waals surface area contributed by atoms with Crippen molar-refractivity contribution in [3.8, 4) is 0 Å². The first kappa shape index (κ1) is 15.2. The molecule has 18 heavy (non-hydrogen) atoms. The lowest BCUT2D eigenvalue weighted by molar-refractivity contribution is 0.316. The fraction of sp³-hybridized carbons (Fsp3) is 0.625. The monoisotopic (exact) mass is 248 g/mol. The van der Waals surface area contributed by atoms with Crippen LogP contribution < -0.4 is 5.32 Å². The highest BCUT2D eigenvalue weighted by atomic mass is 15.1. The van der Waals surface area contributed by atoms with Gasteiger partial charge in [-0.3, -0.25) is 0 Å². The van der Waals surface area contributed by atoms with E-state index in [0.717, 1.165) is 13.1 Å². The second-order valence-corrected chi connectivity index (χ2v) is 5.24. The first-order chi connectivity index (χ1) is 8.72. The van der Waals surface area contributed by atoms with Crippen LogP contribution in [0.5, 0.6) is 0 Å². The van der Waals surface area contributed by atoms with E-state index in [2.05, 4.69) is 48.5 Å². The van der Waals surface area contributed by atoms with E-state index >= 15 is 0 Å². The molecule has 0 fully saturated rings. The van der Waals surface area contributed by atoms with Gasteiger partial charge in [0.05, 0.1) is 0 Å². The highest BCUT2D eigenvalue weighted by Gasteiger charge is 2.00. The van der Waals surface area contributed by atoms with Gasteiger partial charge in [-0.25, -0.2) is 0 Å². The second kappa shape index (κ2) is 9.12. The predicted octanol–water partition coefficient (Wildman–Crippen LogP) is 3.21. The number of nitrogens with one attached hydrogen (secondary N) is 1. The zero-order valence-electron chi connectivity index (χ0n) is 12.2. The molecule has 0 radical (unpaired) electrons. The zero-order valence-corrected chi connectivity index (χ0v) is 12.2. The predicted molar refractivity (Wildman–Crippen MR) is 79.9 cm³/mol. The number of aryl methyl sites for hydroxylation is 1. The summed E-state index contributed by atoms with van der Waals surface area (Å²) in [7, 11) is 4.24. The first-order valence-electron chi connectivity index (χ1n) is 7.11. The largest absolute Gasteiger partial charge is 0.320 e. The Morgan fingerprint density at radius 3 is 2.61 bits per heavy atom. The molecule has 1 aromatic carbocycles. The van der Waals surface area contributed by atoms with E-state index in [1.54, 1.807) is 0 Å². The lowest BCUT2D eigenvalue weighted by Crippen LogP contribution is -2.19. The summed E-state index contributed by atoms with van der Waals surface area (Å²) in [6.45, 7) is 5.58. The molecule has 0 atom stereocenters. The smallest absolute Gasteiger partial charge is 0.0230 e. The van der Waals surface area contributed by atoms with Gasteiger partial charge in [-0.15, -0.1) is 0 Å². The summed E-state index contributed by atoms with van der Waals surface area (Å²) in [5, 5.41) is 3.19. The molecule has 0 saturated carbocycles. The van der Waals surface area contributed by atoms with Crippen molar-refractivity contribution in [2.75, 3.05) is 27.2 Å². The molecular weight excluding hydrogens is 220 g/mol. The molecule has 1 N–H and O–H groups in total. The summed E-state index contributed by atoms with van der Waals surface area (Å²) in [6, 6.07) is 8.81. The minimum atomic E-state index is 1.07. The lowest BCUT2D eigenvalue weighted by atomic mass is 10.1. The van der Waals surface area contributed by atoms with Crippen molar-refractivity contribution in [2.24, 2.45) is 0 Å². The normalized spacial score (nSPS) is 11.1. The number of rotatable bonds is 9. The molecule has 0 bridgehead atoms. The Kier molecular flexibility index (Phi) is 7.70. The SMILES string of the molecule is CNCCCCCCN(C)Cc1cccc(C)c1. The van der Waals surface area contributed by atoms with Crippen LogP contribution in [0.15, 0.2) is 24.3 Å². The van der Waals surface area contributed by atoms with Crippen LogP contribution in [0.3, 0.4) is 0 Å². The molecular formula is C16H28N2. The van der Waals surface area contributed by atoms with E-state index in [-0.39, 0.29) is 0 Å². The molecule has 0 saturated heterocycles. The lowest BCUT2D eigenvalue weighted by Gasteiger charge is -2.16.